The van der Waals surface area contributed by atoms with Crippen molar-refractivity contribution < 1.29 is 0 Å². The highest BCUT2D eigenvalue weighted by Gasteiger charge is 2.23. The molecule has 2 aromatic heterocycles. The molecule has 5 nitrogen and oxygen atoms in total. The van der Waals surface area contributed by atoms with E-state index < -0.39 is 0 Å². The fraction of sp³-hybridized carbons (Fsp3) is 0.529. The fourth-order valence-corrected chi connectivity index (χ4v) is 1.87. The third kappa shape index (κ3) is 4.23. The highest BCUT2D eigenvalue weighted by Crippen LogP contribution is 2.26. The van der Waals surface area contributed by atoms with Crippen molar-refractivity contribution in [2.24, 2.45) is 0 Å². The monoisotopic (exact) mass is 299 g/mol. The summed E-state index contributed by atoms with van der Waals surface area (Å²) in [5.74, 6) is 1.69. The van der Waals surface area contributed by atoms with Gasteiger partial charge in [-0.25, -0.2) is 19.9 Å². The number of hydrogen-bond acceptors (Lipinski definition) is 5. The van der Waals surface area contributed by atoms with E-state index in [0.29, 0.717) is 6.54 Å². The van der Waals surface area contributed by atoms with E-state index in [4.69, 9.17) is 4.98 Å². The summed E-state index contributed by atoms with van der Waals surface area (Å²) >= 11 is 0. The van der Waals surface area contributed by atoms with E-state index >= 15 is 0 Å². The van der Waals surface area contributed by atoms with Crippen molar-refractivity contribution in [3.8, 4) is 0 Å². The minimum Gasteiger partial charge on any atom is -0.366 e. The maximum Gasteiger partial charge on any atom is 0.136 e. The molecule has 0 aliphatic heterocycles. The van der Waals surface area contributed by atoms with Gasteiger partial charge in [0, 0.05) is 41.4 Å². The standard InChI is InChI=1S/C17H25N5/c1-16(2,3)13-7-14(22-15(21-13)17(4,5)6)20-10-12-8-18-11-19-9-12/h7-9,11H,10H2,1-6H3,(H,20,21,22). The quantitative estimate of drug-likeness (QED) is 0.940. The smallest absolute Gasteiger partial charge is 0.136 e. The summed E-state index contributed by atoms with van der Waals surface area (Å²) < 4.78 is 0. The number of aromatic nitrogens is 4. The Morgan fingerprint density at radius 2 is 1.55 bits per heavy atom. The minimum absolute atomic E-state index is 0.0186. The van der Waals surface area contributed by atoms with Gasteiger partial charge in [0.15, 0.2) is 0 Å². The Bertz CT molecular complexity index is 591. The molecule has 0 aliphatic rings. The van der Waals surface area contributed by atoms with E-state index in [0.717, 1.165) is 22.9 Å². The first kappa shape index (κ1) is 16.3. The predicted molar refractivity (Wildman–Crippen MR) is 88.8 cm³/mol. The van der Waals surface area contributed by atoms with Crippen molar-refractivity contribution in [2.45, 2.75) is 58.9 Å². The van der Waals surface area contributed by atoms with Gasteiger partial charge in [0.1, 0.15) is 18.0 Å². The van der Waals surface area contributed by atoms with Crippen LogP contribution in [0.1, 0.15) is 58.6 Å². The summed E-state index contributed by atoms with van der Waals surface area (Å²) in [6.07, 6.45) is 5.14. The van der Waals surface area contributed by atoms with E-state index in [1.807, 2.05) is 6.07 Å². The van der Waals surface area contributed by atoms with Crippen LogP contribution >= 0.6 is 0 Å². The van der Waals surface area contributed by atoms with Crippen LogP contribution in [0.15, 0.2) is 24.8 Å². The third-order valence-electron chi connectivity index (χ3n) is 3.25. The molecule has 22 heavy (non-hydrogen) atoms. The van der Waals surface area contributed by atoms with E-state index in [1.165, 1.54) is 6.33 Å². The first-order valence-electron chi connectivity index (χ1n) is 7.54. The molecule has 0 saturated carbocycles. The lowest BCUT2D eigenvalue weighted by Crippen LogP contribution is -2.22. The van der Waals surface area contributed by atoms with Crippen LogP contribution in [-0.2, 0) is 17.4 Å². The Hall–Kier alpha value is -2.04. The van der Waals surface area contributed by atoms with E-state index in [2.05, 4.69) is 61.8 Å². The van der Waals surface area contributed by atoms with Crippen molar-refractivity contribution in [3.05, 3.63) is 41.9 Å². The highest BCUT2D eigenvalue weighted by molar-refractivity contribution is 5.39. The topological polar surface area (TPSA) is 63.6 Å². The zero-order valence-electron chi connectivity index (χ0n) is 14.3. The lowest BCUT2D eigenvalue weighted by Gasteiger charge is -2.24. The van der Waals surface area contributed by atoms with Gasteiger partial charge in [-0.3, -0.25) is 0 Å². The molecule has 0 saturated heterocycles. The fourth-order valence-electron chi connectivity index (χ4n) is 1.87. The molecule has 1 N–H and O–H groups in total. The van der Waals surface area contributed by atoms with E-state index in [9.17, 15) is 0 Å². The Labute approximate surface area is 132 Å². The molecular formula is C17H25N5. The molecule has 0 aromatic carbocycles. The van der Waals surface area contributed by atoms with Crippen molar-refractivity contribution in [3.63, 3.8) is 0 Å². The molecule has 0 aliphatic carbocycles. The first-order valence-corrected chi connectivity index (χ1v) is 7.54. The van der Waals surface area contributed by atoms with Gasteiger partial charge in [0.2, 0.25) is 0 Å². The Kier molecular flexibility index (Phi) is 4.44. The molecule has 0 atom stereocenters. The lowest BCUT2D eigenvalue weighted by molar-refractivity contribution is 0.514. The molecule has 118 valence electrons. The van der Waals surface area contributed by atoms with Crippen molar-refractivity contribution >= 4 is 5.82 Å². The van der Waals surface area contributed by atoms with Crippen molar-refractivity contribution in [2.75, 3.05) is 5.32 Å². The molecule has 0 radical (unpaired) electrons. The van der Waals surface area contributed by atoms with E-state index in [-0.39, 0.29) is 10.8 Å². The number of nitrogens with zero attached hydrogens (tertiary/aromatic N) is 4. The SMILES string of the molecule is CC(C)(C)c1cc(NCc2cncnc2)nc(C(C)(C)C)n1. The minimum atomic E-state index is -0.0897. The Balaban J connectivity index is 2.30. The second-order valence-corrected chi connectivity index (χ2v) is 7.56. The summed E-state index contributed by atoms with van der Waals surface area (Å²) in [4.78, 5) is 17.5. The van der Waals surface area contributed by atoms with Crippen LogP contribution < -0.4 is 5.32 Å². The summed E-state index contributed by atoms with van der Waals surface area (Å²) in [7, 11) is 0. The van der Waals surface area contributed by atoms with Crippen molar-refractivity contribution in [1.29, 1.82) is 0 Å². The van der Waals surface area contributed by atoms with Gasteiger partial charge >= 0.3 is 0 Å². The van der Waals surface area contributed by atoms with Crippen LogP contribution in [0.3, 0.4) is 0 Å². The van der Waals surface area contributed by atoms with Crippen LogP contribution in [0.4, 0.5) is 5.82 Å². The molecule has 0 fully saturated rings. The molecule has 0 bridgehead atoms. The van der Waals surface area contributed by atoms with Gasteiger partial charge in [-0.05, 0) is 0 Å². The number of rotatable bonds is 3. The van der Waals surface area contributed by atoms with E-state index in [1.54, 1.807) is 12.4 Å². The molecule has 0 unspecified atom stereocenters. The predicted octanol–water partition coefficient (Wildman–Crippen LogP) is 3.47. The number of anilines is 1. The molecule has 5 heteroatoms. The second-order valence-electron chi connectivity index (χ2n) is 7.56. The summed E-state index contributed by atoms with van der Waals surface area (Å²) in [6.45, 7) is 13.5. The lowest BCUT2D eigenvalue weighted by atomic mass is 9.90. The van der Waals surface area contributed by atoms with Gasteiger partial charge in [-0.15, -0.1) is 0 Å². The van der Waals surface area contributed by atoms with Gasteiger partial charge in [-0.1, -0.05) is 41.5 Å². The normalized spacial score (nSPS) is 12.3. The highest BCUT2D eigenvalue weighted by atomic mass is 15.0. The van der Waals surface area contributed by atoms with Gasteiger partial charge in [0.05, 0.1) is 5.69 Å². The molecule has 0 amide bonds. The molecule has 2 aromatic rings. The second kappa shape index (κ2) is 5.99. The number of nitrogens with one attached hydrogen (secondary N) is 1. The first-order chi connectivity index (χ1) is 10.2. The van der Waals surface area contributed by atoms with Gasteiger partial charge in [-0.2, -0.15) is 0 Å². The van der Waals surface area contributed by atoms with Crippen LogP contribution in [0, 0.1) is 0 Å². The maximum absolute atomic E-state index is 4.76. The molecule has 2 heterocycles. The summed E-state index contributed by atoms with van der Waals surface area (Å²) in [5, 5.41) is 3.35. The molecular weight excluding hydrogens is 274 g/mol. The third-order valence-corrected chi connectivity index (χ3v) is 3.25. The average Bonchev–Trinajstić information content (AvgIpc) is 2.44. The zero-order chi connectivity index (χ0) is 16.4. The molecule has 2 rings (SSSR count). The molecule has 0 spiro atoms. The van der Waals surface area contributed by atoms with Crippen LogP contribution in [0.2, 0.25) is 0 Å². The van der Waals surface area contributed by atoms with Gasteiger partial charge < -0.3 is 5.32 Å². The maximum atomic E-state index is 4.76. The summed E-state index contributed by atoms with van der Waals surface area (Å²) in [5.41, 5.74) is 1.96. The largest absolute Gasteiger partial charge is 0.366 e. The number of hydrogen-bond donors (Lipinski definition) is 1. The Morgan fingerprint density at radius 1 is 0.909 bits per heavy atom. The average molecular weight is 299 g/mol. The van der Waals surface area contributed by atoms with Crippen LogP contribution in [0.5, 0.6) is 0 Å². The van der Waals surface area contributed by atoms with Crippen LogP contribution in [0.25, 0.3) is 0 Å². The van der Waals surface area contributed by atoms with Crippen molar-refractivity contribution in [1.82, 2.24) is 19.9 Å². The zero-order valence-corrected chi connectivity index (χ0v) is 14.3. The Morgan fingerprint density at radius 3 is 2.09 bits per heavy atom. The van der Waals surface area contributed by atoms with Gasteiger partial charge in [0.25, 0.3) is 0 Å². The van der Waals surface area contributed by atoms with Crippen LogP contribution in [-0.4, -0.2) is 19.9 Å². The summed E-state index contributed by atoms with van der Waals surface area (Å²) in [6, 6.07) is 2.03.